The summed E-state index contributed by atoms with van der Waals surface area (Å²) in [6, 6.07) is 16.6. The van der Waals surface area contributed by atoms with Gasteiger partial charge in [0.2, 0.25) is 0 Å². The van der Waals surface area contributed by atoms with Gasteiger partial charge in [0.25, 0.3) is 0 Å². The molecule has 1 heterocycles. The Bertz CT molecular complexity index is 674. The number of fused-ring (bicyclic) bond motifs is 1. The van der Waals surface area contributed by atoms with Crippen molar-refractivity contribution >= 4 is 10.9 Å². The van der Waals surface area contributed by atoms with Crippen LogP contribution in [-0.2, 0) is 6.42 Å². The Hall–Kier alpha value is -2.26. The Kier molecular flexibility index (Phi) is 3.21. The molecule has 0 atom stereocenters. The van der Waals surface area contributed by atoms with E-state index in [9.17, 15) is 0 Å². The molecule has 0 aliphatic carbocycles. The third kappa shape index (κ3) is 2.46. The highest BCUT2D eigenvalue weighted by atomic mass is 16.5. The number of nitrogens with one attached hydrogen (secondary N) is 1. The summed E-state index contributed by atoms with van der Waals surface area (Å²) in [6.07, 6.45) is 2.87. The fourth-order valence-electron chi connectivity index (χ4n) is 2.15. The van der Waals surface area contributed by atoms with E-state index in [1.165, 1.54) is 10.9 Å². The van der Waals surface area contributed by atoms with Gasteiger partial charge in [0.1, 0.15) is 11.5 Å². The van der Waals surface area contributed by atoms with Crippen LogP contribution in [0.3, 0.4) is 0 Å². The first-order valence-corrected chi connectivity index (χ1v) is 6.31. The van der Waals surface area contributed by atoms with E-state index in [1.807, 2.05) is 48.7 Å². The van der Waals surface area contributed by atoms with E-state index in [-0.39, 0.29) is 0 Å². The van der Waals surface area contributed by atoms with Crippen LogP contribution in [0.25, 0.3) is 10.9 Å². The van der Waals surface area contributed by atoms with Crippen LogP contribution in [0.15, 0.2) is 48.7 Å². The van der Waals surface area contributed by atoms with Crippen molar-refractivity contribution in [2.75, 3.05) is 6.54 Å². The lowest BCUT2D eigenvalue weighted by Crippen LogP contribution is -2.01. The molecule has 3 rings (SSSR count). The van der Waals surface area contributed by atoms with Crippen molar-refractivity contribution in [2.45, 2.75) is 6.42 Å². The number of hydrogen-bond donors (Lipinski definition) is 2. The highest BCUT2D eigenvalue weighted by Gasteiger charge is 2.05. The summed E-state index contributed by atoms with van der Waals surface area (Å²) in [5.41, 5.74) is 7.95. The van der Waals surface area contributed by atoms with Crippen molar-refractivity contribution < 1.29 is 4.74 Å². The van der Waals surface area contributed by atoms with Crippen molar-refractivity contribution in [3.05, 3.63) is 60.3 Å². The lowest BCUT2D eigenvalue weighted by atomic mass is 10.1. The smallest absolute Gasteiger partial charge is 0.135 e. The minimum absolute atomic E-state index is 0.643. The Balaban J connectivity index is 1.94. The largest absolute Gasteiger partial charge is 0.457 e. The molecule has 1 radical (unpaired) electrons. The monoisotopic (exact) mass is 251 g/mol. The van der Waals surface area contributed by atoms with Crippen molar-refractivity contribution in [1.29, 1.82) is 0 Å². The minimum atomic E-state index is 0.643. The molecule has 0 saturated heterocycles. The van der Waals surface area contributed by atoms with Crippen molar-refractivity contribution in [1.82, 2.24) is 4.98 Å². The molecule has 19 heavy (non-hydrogen) atoms. The molecule has 0 aliphatic rings. The maximum Gasteiger partial charge on any atom is 0.135 e. The number of hydrogen-bond acceptors (Lipinski definition) is 2. The van der Waals surface area contributed by atoms with Crippen molar-refractivity contribution in [3.63, 3.8) is 0 Å². The first-order chi connectivity index (χ1) is 9.36. The molecule has 0 amide bonds. The molecular formula is C16H15N2O. The average Bonchev–Trinajstić information content (AvgIpc) is 2.83. The van der Waals surface area contributed by atoms with Crippen LogP contribution in [0.2, 0.25) is 0 Å². The Morgan fingerprint density at radius 2 is 2.16 bits per heavy atom. The molecule has 95 valence electrons. The van der Waals surface area contributed by atoms with Crippen LogP contribution < -0.4 is 10.5 Å². The van der Waals surface area contributed by atoms with Gasteiger partial charge >= 0.3 is 0 Å². The van der Waals surface area contributed by atoms with E-state index >= 15 is 0 Å². The van der Waals surface area contributed by atoms with E-state index in [0.717, 1.165) is 23.4 Å². The summed E-state index contributed by atoms with van der Waals surface area (Å²) < 4.78 is 5.79. The van der Waals surface area contributed by atoms with E-state index < -0.39 is 0 Å². The van der Waals surface area contributed by atoms with Crippen molar-refractivity contribution in [3.8, 4) is 11.5 Å². The molecule has 0 spiro atoms. The molecule has 0 saturated carbocycles. The van der Waals surface area contributed by atoms with Crippen LogP contribution in [0.1, 0.15) is 5.56 Å². The van der Waals surface area contributed by atoms with Crippen LogP contribution in [-0.4, -0.2) is 11.5 Å². The number of nitrogens with two attached hydrogens (primary N) is 1. The summed E-state index contributed by atoms with van der Waals surface area (Å²) in [4.78, 5) is 3.25. The van der Waals surface area contributed by atoms with E-state index in [0.29, 0.717) is 6.54 Å². The molecule has 0 unspecified atom stereocenters. The predicted octanol–water partition coefficient (Wildman–Crippen LogP) is 3.26. The SMILES string of the molecule is NCCc1c[nH]c2ccc(Oc3[c]cccc3)cc12. The summed E-state index contributed by atoms with van der Waals surface area (Å²) in [6.45, 7) is 0.643. The predicted molar refractivity (Wildman–Crippen MR) is 76.4 cm³/mol. The van der Waals surface area contributed by atoms with Gasteiger partial charge in [0.05, 0.1) is 0 Å². The van der Waals surface area contributed by atoms with Gasteiger partial charge in [0.15, 0.2) is 0 Å². The lowest BCUT2D eigenvalue weighted by molar-refractivity contribution is 0.482. The average molecular weight is 251 g/mol. The van der Waals surface area contributed by atoms with Crippen LogP contribution in [0.4, 0.5) is 0 Å². The van der Waals surface area contributed by atoms with Gasteiger partial charge in [-0.05, 0) is 42.8 Å². The quantitative estimate of drug-likeness (QED) is 0.747. The highest BCUT2D eigenvalue weighted by molar-refractivity contribution is 5.84. The summed E-state index contributed by atoms with van der Waals surface area (Å²) in [5, 5.41) is 1.17. The zero-order chi connectivity index (χ0) is 13.1. The van der Waals surface area contributed by atoms with E-state index in [4.69, 9.17) is 10.5 Å². The highest BCUT2D eigenvalue weighted by Crippen LogP contribution is 2.27. The second-order valence-electron chi connectivity index (χ2n) is 4.39. The topological polar surface area (TPSA) is 51.0 Å². The van der Waals surface area contributed by atoms with E-state index in [1.54, 1.807) is 0 Å². The van der Waals surface area contributed by atoms with Gasteiger partial charge < -0.3 is 15.5 Å². The van der Waals surface area contributed by atoms with Gasteiger partial charge in [-0.15, -0.1) is 0 Å². The van der Waals surface area contributed by atoms with Gasteiger partial charge in [0, 0.05) is 23.2 Å². The summed E-state index contributed by atoms with van der Waals surface area (Å²) in [7, 11) is 0. The molecule has 1 aromatic heterocycles. The maximum atomic E-state index is 5.79. The number of para-hydroxylation sites is 1. The molecule has 3 aromatic rings. The third-order valence-electron chi connectivity index (χ3n) is 3.06. The fraction of sp³-hybridized carbons (Fsp3) is 0.125. The lowest BCUT2D eigenvalue weighted by Gasteiger charge is -2.05. The molecule has 0 aliphatic heterocycles. The minimum Gasteiger partial charge on any atom is -0.457 e. The molecule has 3 heteroatoms. The summed E-state index contributed by atoms with van der Waals surface area (Å²) in [5.74, 6) is 1.53. The standard InChI is InChI=1S/C16H15N2O/c17-9-8-12-11-18-16-7-6-14(10-15(12)16)19-13-4-2-1-3-5-13/h1-4,6-7,10-11,18H,8-9,17H2. The Labute approximate surface area is 112 Å². The number of rotatable bonds is 4. The molecular weight excluding hydrogens is 236 g/mol. The van der Waals surface area contributed by atoms with Crippen molar-refractivity contribution in [2.24, 2.45) is 5.73 Å². The van der Waals surface area contributed by atoms with Gasteiger partial charge in [-0.2, -0.15) is 0 Å². The molecule has 3 nitrogen and oxygen atoms in total. The number of aromatic amines is 1. The molecule has 0 bridgehead atoms. The molecule has 0 fully saturated rings. The molecule has 2 aromatic carbocycles. The van der Waals surface area contributed by atoms with Gasteiger partial charge in [-0.1, -0.05) is 18.2 Å². The third-order valence-corrected chi connectivity index (χ3v) is 3.06. The zero-order valence-electron chi connectivity index (χ0n) is 10.5. The number of aromatic nitrogens is 1. The Morgan fingerprint density at radius 1 is 1.21 bits per heavy atom. The zero-order valence-corrected chi connectivity index (χ0v) is 10.5. The fourth-order valence-corrected chi connectivity index (χ4v) is 2.15. The molecule has 3 N–H and O–H groups in total. The van der Waals surface area contributed by atoms with Gasteiger partial charge in [-0.25, -0.2) is 0 Å². The first kappa shape index (κ1) is 11.8. The number of ether oxygens (including phenoxy) is 1. The normalized spacial score (nSPS) is 10.8. The van der Waals surface area contributed by atoms with Crippen LogP contribution in [0, 0.1) is 6.07 Å². The second kappa shape index (κ2) is 5.16. The first-order valence-electron chi connectivity index (χ1n) is 6.31. The Morgan fingerprint density at radius 3 is 2.95 bits per heavy atom. The summed E-state index contributed by atoms with van der Waals surface area (Å²) >= 11 is 0. The number of benzene rings is 2. The van der Waals surface area contributed by atoms with Crippen LogP contribution >= 0.6 is 0 Å². The van der Waals surface area contributed by atoms with Gasteiger partial charge in [-0.3, -0.25) is 0 Å². The number of H-pyrrole nitrogens is 1. The van der Waals surface area contributed by atoms with E-state index in [2.05, 4.69) is 11.1 Å². The second-order valence-corrected chi connectivity index (χ2v) is 4.39. The van der Waals surface area contributed by atoms with Crippen LogP contribution in [0.5, 0.6) is 11.5 Å². The maximum absolute atomic E-state index is 5.79.